The van der Waals surface area contributed by atoms with Gasteiger partial charge in [0.2, 0.25) is 11.0 Å². The average Bonchev–Trinajstić information content (AvgIpc) is 3.07. The van der Waals surface area contributed by atoms with E-state index in [1.807, 2.05) is 11.8 Å². The predicted octanol–water partition coefficient (Wildman–Crippen LogP) is 1.82. The SMILES string of the molecule is O=C(C1CCN(c2nc(C3CC3)ns2)C1)N1CCSCC1. The molecule has 114 valence electrons. The second kappa shape index (κ2) is 5.76. The molecule has 1 amide bonds. The van der Waals surface area contributed by atoms with Gasteiger partial charge in [0.1, 0.15) is 5.82 Å². The highest BCUT2D eigenvalue weighted by molar-refractivity contribution is 7.99. The molecule has 3 heterocycles. The molecule has 0 N–H and O–H groups in total. The summed E-state index contributed by atoms with van der Waals surface area (Å²) in [4.78, 5) is 21.5. The van der Waals surface area contributed by atoms with Gasteiger partial charge in [0.25, 0.3) is 0 Å². The maximum Gasteiger partial charge on any atom is 0.227 e. The molecule has 2 saturated heterocycles. The van der Waals surface area contributed by atoms with Crippen molar-refractivity contribution in [2.45, 2.75) is 25.2 Å². The van der Waals surface area contributed by atoms with Gasteiger partial charge in [-0.3, -0.25) is 4.79 Å². The first-order chi connectivity index (χ1) is 10.3. The number of aromatic nitrogens is 2. The molecule has 0 radical (unpaired) electrons. The van der Waals surface area contributed by atoms with Crippen molar-refractivity contribution in [3.63, 3.8) is 0 Å². The van der Waals surface area contributed by atoms with Gasteiger partial charge in [0.05, 0.1) is 5.92 Å². The van der Waals surface area contributed by atoms with E-state index in [4.69, 9.17) is 0 Å². The van der Waals surface area contributed by atoms with Crippen LogP contribution < -0.4 is 4.90 Å². The van der Waals surface area contributed by atoms with Gasteiger partial charge in [-0.1, -0.05) is 0 Å². The molecule has 5 nitrogen and oxygen atoms in total. The molecule has 2 aliphatic heterocycles. The largest absolute Gasteiger partial charge is 0.346 e. The van der Waals surface area contributed by atoms with E-state index in [9.17, 15) is 4.79 Å². The molecular weight excluding hydrogens is 304 g/mol. The van der Waals surface area contributed by atoms with Crippen LogP contribution in [0.25, 0.3) is 0 Å². The summed E-state index contributed by atoms with van der Waals surface area (Å²) in [5, 5.41) is 1.02. The number of nitrogens with zero attached hydrogens (tertiary/aromatic N) is 4. The summed E-state index contributed by atoms with van der Waals surface area (Å²) in [7, 11) is 0. The number of carbonyl (C=O) groups is 1. The number of hydrogen-bond donors (Lipinski definition) is 0. The minimum absolute atomic E-state index is 0.154. The number of carbonyl (C=O) groups excluding carboxylic acids is 1. The fourth-order valence-corrected chi connectivity index (χ4v) is 4.72. The summed E-state index contributed by atoms with van der Waals surface area (Å²) >= 11 is 3.45. The lowest BCUT2D eigenvalue weighted by molar-refractivity contribution is -0.134. The third-order valence-corrected chi connectivity index (χ3v) is 6.24. The van der Waals surface area contributed by atoms with Gasteiger partial charge in [-0.15, -0.1) is 0 Å². The fraction of sp³-hybridized carbons (Fsp3) is 0.786. The molecule has 1 unspecified atom stereocenters. The summed E-state index contributed by atoms with van der Waals surface area (Å²) < 4.78 is 4.47. The highest BCUT2D eigenvalue weighted by Gasteiger charge is 2.34. The van der Waals surface area contributed by atoms with Crippen LogP contribution in [0.5, 0.6) is 0 Å². The molecule has 3 aliphatic rings. The minimum atomic E-state index is 0.154. The van der Waals surface area contributed by atoms with Crippen molar-refractivity contribution in [1.29, 1.82) is 0 Å². The van der Waals surface area contributed by atoms with Gasteiger partial charge in [0, 0.05) is 55.1 Å². The lowest BCUT2D eigenvalue weighted by atomic mass is 10.1. The van der Waals surface area contributed by atoms with Crippen molar-refractivity contribution in [3.8, 4) is 0 Å². The molecule has 21 heavy (non-hydrogen) atoms. The first-order valence-corrected chi connectivity index (χ1v) is 9.69. The molecule has 1 aromatic heterocycles. The molecule has 7 heteroatoms. The first-order valence-electron chi connectivity index (χ1n) is 7.76. The topological polar surface area (TPSA) is 49.3 Å². The van der Waals surface area contributed by atoms with Crippen LogP contribution in [0.3, 0.4) is 0 Å². The van der Waals surface area contributed by atoms with Crippen molar-refractivity contribution in [2.24, 2.45) is 5.92 Å². The average molecular weight is 324 g/mol. The van der Waals surface area contributed by atoms with E-state index in [0.717, 1.165) is 55.1 Å². The van der Waals surface area contributed by atoms with Crippen LogP contribution in [0, 0.1) is 5.92 Å². The number of hydrogen-bond acceptors (Lipinski definition) is 6. The summed E-state index contributed by atoms with van der Waals surface area (Å²) in [5.41, 5.74) is 0. The summed E-state index contributed by atoms with van der Waals surface area (Å²) in [6.45, 7) is 3.61. The lowest BCUT2D eigenvalue weighted by Crippen LogP contribution is -2.42. The third-order valence-electron chi connectivity index (χ3n) is 4.50. The zero-order valence-electron chi connectivity index (χ0n) is 12.0. The number of anilines is 1. The number of amides is 1. The summed E-state index contributed by atoms with van der Waals surface area (Å²) in [6.07, 6.45) is 3.44. The van der Waals surface area contributed by atoms with Crippen molar-refractivity contribution < 1.29 is 4.79 Å². The first kappa shape index (κ1) is 13.8. The zero-order valence-corrected chi connectivity index (χ0v) is 13.7. The smallest absolute Gasteiger partial charge is 0.227 e. The van der Waals surface area contributed by atoms with Crippen LogP contribution in [0.2, 0.25) is 0 Å². The second-order valence-electron chi connectivity index (χ2n) is 6.08. The molecule has 3 fully saturated rings. The highest BCUT2D eigenvalue weighted by Crippen LogP contribution is 2.40. The maximum absolute atomic E-state index is 12.6. The van der Waals surface area contributed by atoms with Gasteiger partial charge in [0.15, 0.2) is 0 Å². The van der Waals surface area contributed by atoms with E-state index in [0.29, 0.717) is 11.8 Å². The van der Waals surface area contributed by atoms with Crippen LogP contribution >= 0.6 is 23.3 Å². The van der Waals surface area contributed by atoms with Crippen LogP contribution in [-0.4, -0.2) is 57.8 Å². The Hall–Kier alpha value is -0.820. The van der Waals surface area contributed by atoms with Gasteiger partial charge < -0.3 is 9.80 Å². The Kier molecular flexibility index (Phi) is 3.79. The van der Waals surface area contributed by atoms with Crippen molar-refractivity contribution in [3.05, 3.63) is 5.82 Å². The fourth-order valence-electron chi connectivity index (χ4n) is 3.04. The van der Waals surface area contributed by atoms with Crippen LogP contribution in [-0.2, 0) is 4.79 Å². The Labute approximate surface area is 133 Å². The lowest BCUT2D eigenvalue weighted by Gasteiger charge is -2.28. The van der Waals surface area contributed by atoms with E-state index in [2.05, 4.69) is 19.2 Å². The van der Waals surface area contributed by atoms with Gasteiger partial charge in [-0.05, 0) is 19.3 Å². The molecule has 0 aromatic carbocycles. The molecule has 1 aromatic rings. The van der Waals surface area contributed by atoms with E-state index >= 15 is 0 Å². The van der Waals surface area contributed by atoms with Crippen molar-refractivity contribution in [2.75, 3.05) is 42.6 Å². The molecule has 0 bridgehead atoms. The molecular formula is C14H20N4OS2. The molecule has 0 spiro atoms. The standard InChI is InChI=1S/C14H20N4OS2/c19-13(17-5-7-20-8-6-17)11-3-4-18(9-11)14-15-12(16-21-14)10-1-2-10/h10-11H,1-9H2. The number of thioether (sulfide) groups is 1. The van der Waals surface area contributed by atoms with Crippen molar-refractivity contribution in [1.82, 2.24) is 14.3 Å². The highest BCUT2D eigenvalue weighted by atomic mass is 32.2. The molecule has 1 aliphatic carbocycles. The molecule has 1 saturated carbocycles. The molecule has 1 atom stereocenters. The summed E-state index contributed by atoms with van der Waals surface area (Å²) in [6, 6.07) is 0. The van der Waals surface area contributed by atoms with Crippen molar-refractivity contribution >= 4 is 34.3 Å². The van der Waals surface area contributed by atoms with Gasteiger partial charge >= 0.3 is 0 Å². The minimum Gasteiger partial charge on any atom is -0.346 e. The quantitative estimate of drug-likeness (QED) is 0.849. The monoisotopic (exact) mass is 324 g/mol. The third kappa shape index (κ3) is 2.90. The van der Waals surface area contributed by atoms with Gasteiger partial charge in [-0.2, -0.15) is 16.1 Å². The number of rotatable bonds is 3. The zero-order chi connectivity index (χ0) is 14.2. The Morgan fingerprint density at radius 2 is 1.95 bits per heavy atom. The Morgan fingerprint density at radius 3 is 2.71 bits per heavy atom. The van der Waals surface area contributed by atoms with E-state index in [1.54, 1.807) is 0 Å². The predicted molar refractivity (Wildman–Crippen MR) is 86.1 cm³/mol. The van der Waals surface area contributed by atoms with E-state index in [1.165, 1.54) is 24.4 Å². The normalized spacial score (nSPS) is 26.4. The van der Waals surface area contributed by atoms with Gasteiger partial charge in [-0.25, -0.2) is 4.98 Å². The Balaban J connectivity index is 1.38. The second-order valence-corrected chi connectivity index (χ2v) is 8.03. The Bertz CT molecular complexity index is 525. The van der Waals surface area contributed by atoms with E-state index in [-0.39, 0.29) is 5.92 Å². The van der Waals surface area contributed by atoms with Crippen LogP contribution in [0.15, 0.2) is 0 Å². The summed E-state index contributed by atoms with van der Waals surface area (Å²) in [5.74, 6) is 4.32. The Morgan fingerprint density at radius 1 is 1.14 bits per heavy atom. The maximum atomic E-state index is 12.6. The van der Waals surface area contributed by atoms with E-state index < -0.39 is 0 Å². The van der Waals surface area contributed by atoms with Crippen LogP contribution in [0.1, 0.15) is 31.0 Å². The van der Waals surface area contributed by atoms with Crippen LogP contribution in [0.4, 0.5) is 5.13 Å². The molecule has 4 rings (SSSR count).